The number of carbonyl (C=O) groups excluding carboxylic acids is 2. The third kappa shape index (κ3) is 6.56. The summed E-state index contributed by atoms with van der Waals surface area (Å²) in [6.07, 6.45) is 0.304. The van der Waals surface area contributed by atoms with E-state index in [1.54, 1.807) is 12.1 Å². The van der Waals surface area contributed by atoms with E-state index in [2.05, 4.69) is 31.0 Å². The largest absolute Gasteiger partial charge is 0.508 e. The van der Waals surface area contributed by atoms with Gasteiger partial charge in [0.25, 0.3) is 5.91 Å². The SMILES string of the molecule is CC(C)(C)c1ccc(C(=O)NCCC(=O)N2CCN(Cc3cccc(O)c3)CC2)cc1. The first-order chi connectivity index (χ1) is 14.7. The van der Waals surface area contributed by atoms with Crippen molar-refractivity contribution in [1.82, 2.24) is 15.1 Å². The molecule has 1 heterocycles. The van der Waals surface area contributed by atoms with Crippen LogP contribution in [0.5, 0.6) is 5.75 Å². The third-order valence-corrected chi connectivity index (χ3v) is 5.68. The summed E-state index contributed by atoms with van der Waals surface area (Å²) in [6, 6.07) is 14.9. The molecule has 0 bridgehead atoms. The highest BCUT2D eigenvalue weighted by molar-refractivity contribution is 5.94. The number of benzene rings is 2. The molecule has 0 radical (unpaired) electrons. The zero-order valence-electron chi connectivity index (χ0n) is 18.7. The van der Waals surface area contributed by atoms with Crippen LogP contribution in [0.15, 0.2) is 48.5 Å². The van der Waals surface area contributed by atoms with Crippen LogP contribution in [0, 0.1) is 0 Å². The van der Waals surface area contributed by atoms with Crippen molar-refractivity contribution in [3.63, 3.8) is 0 Å². The standard InChI is InChI=1S/C25H33N3O3/c1-25(2,3)21-9-7-20(8-10-21)24(31)26-12-11-23(30)28-15-13-27(14-16-28)18-19-5-4-6-22(29)17-19/h4-10,17,29H,11-16,18H2,1-3H3,(H,26,31). The molecule has 0 atom stereocenters. The third-order valence-electron chi connectivity index (χ3n) is 5.68. The van der Waals surface area contributed by atoms with Gasteiger partial charge in [0.15, 0.2) is 0 Å². The minimum absolute atomic E-state index is 0.0499. The average Bonchev–Trinajstić information content (AvgIpc) is 2.73. The predicted octanol–water partition coefficient (Wildman–Crippen LogP) is 3.15. The molecule has 6 nitrogen and oxygen atoms in total. The van der Waals surface area contributed by atoms with Crippen LogP contribution in [0.2, 0.25) is 0 Å². The Kier molecular flexibility index (Phi) is 7.33. The molecule has 1 aliphatic heterocycles. The van der Waals surface area contributed by atoms with Gasteiger partial charge < -0.3 is 15.3 Å². The van der Waals surface area contributed by atoms with E-state index >= 15 is 0 Å². The lowest BCUT2D eigenvalue weighted by Crippen LogP contribution is -2.48. The van der Waals surface area contributed by atoms with E-state index in [-0.39, 0.29) is 23.0 Å². The van der Waals surface area contributed by atoms with Gasteiger partial charge in [0.05, 0.1) is 0 Å². The summed E-state index contributed by atoms with van der Waals surface area (Å²) in [5.41, 5.74) is 2.91. The second-order valence-corrected chi connectivity index (χ2v) is 9.16. The van der Waals surface area contributed by atoms with Gasteiger partial charge in [-0.15, -0.1) is 0 Å². The normalized spacial score (nSPS) is 15.0. The Balaban J connectivity index is 1.39. The van der Waals surface area contributed by atoms with Crippen molar-refractivity contribution in [2.24, 2.45) is 0 Å². The second-order valence-electron chi connectivity index (χ2n) is 9.16. The molecule has 0 unspecified atom stereocenters. The number of aromatic hydroxyl groups is 1. The van der Waals surface area contributed by atoms with Crippen molar-refractivity contribution in [2.75, 3.05) is 32.7 Å². The molecule has 1 aliphatic rings. The van der Waals surface area contributed by atoms with E-state index in [0.29, 0.717) is 31.6 Å². The number of hydrogen-bond acceptors (Lipinski definition) is 4. The number of piperazine rings is 1. The van der Waals surface area contributed by atoms with Gasteiger partial charge in [-0.1, -0.05) is 45.0 Å². The number of nitrogens with zero attached hydrogens (tertiary/aromatic N) is 2. The number of carbonyl (C=O) groups is 2. The maximum Gasteiger partial charge on any atom is 0.251 e. The Labute approximate surface area is 184 Å². The number of amides is 2. The molecule has 2 amide bonds. The van der Waals surface area contributed by atoms with Crippen molar-refractivity contribution in [3.05, 3.63) is 65.2 Å². The van der Waals surface area contributed by atoms with Crippen molar-refractivity contribution in [1.29, 1.82) is 0 Å². The van der Waals surface area contributed by atoms with Gasteiger partial charge in [0.2, 0.25) is 5.91 Å². The minimum Gasteiger partial charge on any atom is -0.508 e. The first-order valence-electron chi connectivity index (χ1n) is 10.9. The zero-order chi connectivity index (χ0) is 22.4. The topological polar surface area (TPSA) is 72.9 Å². The molecule has 0 aromatic heterocycles. The van der Waals surface area contributed by atoms with E-state index in [0.717, 1.165) is 25.2 Å². The van der Waals surface area contributed by atoms with Gasteiger partial charge in [0.1, 0.15) is 5.75 Å². The quantitative estimate of drug-likeness (QED) is 0.749. The number of phenols is 1. The minimum atomic E-state index is -0.149. The summed E-state index contributed by atoms with van der Waals surface area (Å²) < 4.78 is 0. The highest BCUT2D eigenvalue weighted by Crippen LogP contribution is 2.22. The molecule has 6 heteroatoms. The molecule has 2 aromatic rings. The number of rotatable bonds is 6. The van der Waals surface area contributed by atoms with Gasteiger partial charge >= 0.3 is 0 Å². The maximum absolute atomic E-state index is 12.5. The van der Waals surface area contributed by atoms with Gasteiger partial charge in [-0.3, -0.25) is 14.5 Å². The van der Waals surface area contributed by atoms with Gasteiger partial charge in [-0.05, 0) is 40.8 Å². The lowest BCUT2D eigenvalue weighted by Gasteiger charge is -2.34. The molecule has 0 spiro atoms. The van der Waals surface area contributed by atoms with Crippen LogP contribution < -0.4 is 5.32 Å². The average molecular weight is 424 g/mol. The molecule has 3 rings (SSSR count). The Morgan fingerprint density at radius 3 is 2.29 bits per heavy atom. The van der Waals surface area contributed by atoms with E-state index in [1.807, 2.05) is 41.3 Å². The van der Waals surface area contributed by atoms with E-state index < -0.39 is 0 Å². The first-order valence-corrected chi connectivity index (χ1v) is 10.9. The van der Waals surface area contributed by atoms with Gasteiger partial charge in [-0.2, -0.15) is 0 Å². The number of nitrogens with one attached hydrogen (secondary N) is 1. The zero-order valence-corrected chi connectivity index (χ0v) is 18.7. The van der Waals surface area contributed by atoms with Crippen molar-refractivity contribution in [3.8, 4) is 5.75 Å². The number of hydrogen-bond donors (Lipinski definition) is 2. The van der Waals surface area contributed by atoms with E-state index in [9.17, 15) is 14.7 Å². The summed E-state index contributed by atoms with van der Waals surface area (Å²) in [5, 5.41) is 12.4. The fraction of sp³-hybridized carbons (Fsp3) is 0.440. The van der Waals surface area contributed by atoms with Crippen LogP contribution in [0.4, 0.5) is 0 Å². The molecule has 0 saturated carbocycles. The van der Waals surface area contributed by atoms with Crippen LogP contribution in [-0.4, -0.2) is 59.4 Å². The van der Waals surface area contributed by atoms with E-state index in [1.165, 1.54) is 5.56 Å². The van der Waals surface area contributed by atoms with Crippen molar-refractivity contribution >= 4 is 11.8 Å². The highest BCUT2D eigenvalue weighted by Gasteiger charge is 2.21. The van der Waals surface area contributed by atoms with Gasteiger partial charge in [-0.25, -0.2) is 0 Å². The lowest BCUT2D eigenvalue weighted by atomic mass is 9.87. The van der Waals surface area contributed by atoms with Gasteiger partial charge in [0, 0.05) is 51.3 Å². The molecule has 2 aromatic carbocycles. The van der Waals surface area contributed by atoms with E-state index in [4.69, 9.17) is 0 Å². The first kappa shape index (κ1) is 22.8. The monoisotopic (exact) mass is 423 g/mol. The Hall–Kier alpha value is -2.86. The van der Waals surface area contributed by atoms with Crippen LogP contribution in [0.1, 0.15) is 48.7 Å². The fourth-order valence-corrected chi connectivity index (χ4v) is 3.73. The summed E-state index contributed by atoms with van der Waals surface area (Å²) in [5.74, 6) is 0.197. The highest BCUT2D eigenvalue weighted by atomic mass is 16.3. The van der Waals surface area contributed by atoms with Crippen LogP contribution in [0.3, 0.4) is 0 Å². The lowest BCUT2D eigenvalue weighted by molar-refractivity contribution is -0.132. The Morgan fingerprint density at radius 1 is 1.00 bits per heavy atom. The molecule has 1 fully saturated rings. The molecular formula is C25H33N3O3. The molecule has 0 aliphatic carbocycles. The van der Waals surface area contributed by atoms with Crippen molar-refractivity contribution < 1.29 is 14.7 Å². The summed E-state index contributed by atoms with van der Waals surface area (Å²) in [7, 11) is 0. The van der Waals surface area contributed by atoms with Crippen LogP contribution in [-0.2, 0) is 16.8 Å². The molecule has 31 heavy (non-hydrogen) atoms. The second kappa shape index (κ2) is 9.96. The molecule has 1 saturated heterocycles. The Morgan fingerprint density at radius 2 is 1.68 bits per heavy atom. The molecular weight excluding hydrogens is 390 g/mol. The summed E-state index contributed by atoms with van der Waals surface area (Å²) in [6.45, 7) is 10.5. The number of phenolic OH excluding ortho intramolecular Hbond substituents is 1. The van der Waals surface area contributed by atoms with Crippen LogP contribution >= 0.6 is 0 Å². The maximum atomic E-state index is 12.5. The van der Waals surface area contributed by atoms with Crippen LogP contribution in [0.25, 0.3) is 0 Å². The Bertz CT molecular complexity index is 895. The predicted molar refractivity (Wildman–Crippen MR) is 122 cm³/mol. The summed E-state index contributed by atoms with van der Waals surface area (Å²) in [4.78, 5) is 29.0. The fourth-order valence-electron chi connectivity index (χ4n) is 3.73. The summed E-state index contributed by atoms with van der Waals surface area (Å²) >= 11 is 0. The molecule has 2 N–H and O–H groups in total. The van der Waals surface area contributed by atoms with Crippen molar-refractivity contribution in [2.45, 2.75) is 39.2 Å². The smallest absolute Gasteiger partial charge is 0.251 e. The molecule has 166 valence electrons.